The molecule has 1 aromatic heterocycles. The van der Waals surface area contributed by atoms with E-state index in [1.165, 1.54) is 17.1 Å². The third-order valence-corrected chi connectivity index (χ3v) is 4.67. The molecule has 1 amide bonds. The van der Waals surface area contributed by atoms with Gasteiger partial charge in [0.15, 0.2) is 0 Å². The number of carbonyl (C=O) groups is 1. The Morgan fingerprint density at radius 3 is 2.67 bits per heavy atom. The topological polar surface area (TPSA) is 106 Å². The molecule has 0 spiro atoms. The van der Waals surface area contributed by atoms with Gasteiger partial charge in [0.25, 0.3) is 5.91 Å². The maximum Gasteiger partial charge on any atom is 0.320 e. The van der Waals surface area contributed by atoms with Crippen molar-refractivity contribution in [2.45, 2.75) is 6.54 Å². The minimum absolute atomic E-state index is 0.287. The molecule has 1 N–H and O–H groups in total. The molecule has 9 nitrogen and oxygen atoms in total. The molecule has 0 saturated heterocycles. The number of hydrazone groups is 1. The molecule has 0 aliphatic carbocycles. The van der Waals surface area contributed by atoms with Gasteiger partial charge in [0.1, 0.15) is 6.20 Å². The molecule has 30 heavy (non-hydrogen) atoms. The highest BCUT2D eigenvalue weighted by atomic mass is 79.9. The second-order valence-corrected chi connectivity index (χ2v) is 7.55. The second-order valence-electron chi connectivity index (χ2n) is 6.63. The average molecular weight is 471 g/mol. The highest BCUT2D eigenvalue weighted by Crippen LogP contribution is 2.19. The number of halogens is 1. The number of nitro groups is 1. The molecule has 0 fully saturated rings. The molecule has 0 aliphatic rings. The number of rotatable bonds is 7. The van der Waals surface area contributed by atoms with Crippen molar-refractivity contribution in [3.8, 4) is 0 Å². The normalized spacial score (nSPS) is 10.9. The third-order valence-electron chi connectivity index (χ3n) is 4.18. The zero-order valence-electron chi connectivity index (χ0n) is 16.3. The van der Waals surface area contributed by atoms with Crippen LogP contribution >= 0.6 is 15.9 Å². The number of nitrogens with zero attached hydrogens (tertiary/aromatic N) is 5. The first-order valence-corrected chi connectivity index (χ1v) is 9.70. The van der Waals surface area contributed by atoms with E-state index in [2.05, 4.69) is 31.6 Å². The largest absolute Gasteiger partial charge is 0.378 e. The third kappa shape index (κ3) is 5.29. The maximum absolute atomic E-state index is 12.4. The van der Waals surface area contributed by atoms with Crippen LogP contribution in [0.1, 0.15) is 21.6 Å². The van der Waals surface area contributed by atoms with Gasteiger partial charge >= 0.3 is 5.69 Å². The molecule has 3 rings (SSSR count). The summed E-state index contributed by atoms with van der Waals surface area (Å²) in [6.07, 6.45) is 2.70. The Balaban J connectivity index is 1.72. The van der Waals surface area contributed by atoms with Crippen LogP contribution in [0.2, 0.25) is 0 Å². The smallest absolute Gasteiger partial charge is 0.320 e. The van der Waals surface area contributed by atoms with Gasteiger partial charge in [-0.25, -0.2) is 5.43 Å². The van der Waals surface area contributed by atoms with E-state index in [0.29, 0.717) is 0 Å². The van der Waals surface area contributed by atoms with Gasteiger partial charge in [0, 0.05) is 24.3 Å². The lowest BCUT2D eigenvalue weighted by Crippen LogP contribution is -2.19. The minimum atomic E-state index is -0.754. The summed E-state index contributed by atoms with van der Waals surface area (Å²) >= 11 is 3.38. The van der Waals surface area contributed by atoms with Crippen LogP contribution in [0.15, 0.2) is 64.3 Å². The fraction of sp³-hybridized carbons (Fsp3) is 0.150. The van der Waals surface area contributed by atoms with E-state index in [0.717, 1.165) is 21.3 Å². The minimum Gasteiger partial charge on any atom is -0.378 e. The maximum atomic E-state index is 12.4. The second kappa shape index (κ2) is 9.31. The summed E-state index contributed by atoms with van der Waals surface area (Å²) in [6, 6.07) is 15.0. The van der Waals surface area contributed by atoms with Gasteiger partial charge in [0.2, 0.25) is 5.69 Å². The zero-order valence-corrected chi connectivity index (χ0v) is 17.9. The molecule has 2 aromatic carbocycles. The van der Waals surface area contributed by atoms with Gasteiger partial charge in [-0.05, 0) is 35.4 Å². The number of benzene rings is 2. The van der Waals surface area contributed by atoms with Crippen LogP contribution in [0.3, 0.4) is 0 Å². The molecular weight excluding hydrogens is 452 g/mol. The Morgan fingerprint density at radius 1 is 1.30 bits per heavy atom. The molecule has 3 aromatic rings. The van der Waals surface area contributed by atoms with Gasteiger partial charge in [-0.2, -0.15) is 10.2 Å². The zero-order chi connectivity index (χ0) is 21.7. The number of hydrogen-bond donors (Lipinski definition) is 1. The number of carbonyl (C=O) groups excluding carboxylic acids is 1. The van der Waals surface area contributed by atoms with E-state index in [4.69, 9.17) is 0 Å². The predicted octanol–water partition coefficient (Wildman–Crippen LogP) is 3.43. The van der Waals surface area contributed by atoms with Gasteiger partial charge in [-0.1, -0.05) is 40.2 Å². The molecule has 0 unspecified atom stereocenters. The lowest BCUT2D eigenvalue weighted by molar-refractivity contribution is -0.385. The van der Waals surface area contributed by atoms with Crippen LogP contribution < -0.4 is 10.3 Å². The first kappa shape index (κ1) is 21.2. The van der Waals surface area contributed by atoms with Crippen LogP contribution in [0.25, 0.3) is 0 Å². The number of aromatic nitrogens is 2. The molecule has 0 atom stereocenters. The Morgan fingerprint density at radius 2 is 2.03 bits per heavy atom. The number of amides is 1. The summed E-state index contributed by atoms with van der Waals surface area (Å²) in [6.45, 7) is 0.287. The van der Waals surface area contributed by atoms with Crippen molar-refractivity contribution >= 4 is 39.4 Å². The van der Waals surface area contributed by atoms with Crippen molar-refractivity contribution in [2.24, 2.45) is 5.10 Å². The number of hydrogen-bond acceptors (Lipinski definition) is 6. The van der Waals surface area contributed by atoms with Gasteiger partial charge < -0.3 is 4.90 Å². The summed E-state index contributed by atoms with van der Waals surface area (Å²) in [7, 11) is 3.87. The van der Waals surface area contributed by atoms with Crippen LogP contribution in [-0.2, 0) is 6.54 Å². The van der Waals surface area contributed by atoms with E-state index in [1.54, 1.807) is 0 Å². The number of nitrogens with one attached hydrogen (secondary N) is 1. The standard InChI is InChI=1S/C20H19BrN6O3/c1-25(2)17-8-6-14(7-9-17)11-22-23-20(28)19-18(27(29)30)13-26(24-19)12-15-4-3-5-16(21)10-15/h3-11,13H,12H2,1-2H3,(H,23,28). The summed E-state index contributed by atoms with van der Waals surface area (Å²) in [5.41, 5.74) is 4.31. The monoisotopic (exact) mass is 470 g/mol. The average Bonchev–Trinajstić information content (AvgIpc) is 3.12. The highest BCUT2D eigenvalue weighted by Gasteiger charge is 2.25. The molecule has 0 radical (unpaired) electrons. The van der Waals surface area contributed by atoms with Crippen molar-refractivity contribution in [1.29, 1.82) is 0 Å². The SMILES string of the molecule is CN(C)c1ccc(C=NNC(=O)c2nn(Cc3cccc(Br)c3)cc2[N+](=O)[O-])cc1. The van der Waals surface area contributed by atoms with E-state index in [9.17, 15) is 14.9 Å². The fourth-order valence-electron chi connectivity index (χ4n) is 2.69. The Kier molecular flexibility index (Phi) is 6.58. The van der Waals surface area contributed by atoms with Crippen LogP contribution in [-0.4, -0.2) is 40.9 Å². The molecule has 0 saturated carbocycles. The highest BCUT2D eigenvalue weighted by molar-refractivity contribution is 9.10. The lowest BCUT2D eigenvalue weighted by Gasteiger charge is -2.11. The molecule has 10 heteroatoms. The lowest BCUT2D eigenvalue weighted by atomic mass is 10.2. The van der Waals surface area contributed by atoms with E-state index in [-0.39, 0.29) is 17.9 Å². The van der Waals surface area contributed by atoms with E-state index >= 15 is 0 Å². The summed E-state index contributed by atoms with van der Waals surface area (Å²) in [4.78, 5) is 25.1. The van der Waals surface area contributed by atoms with Crippen LogP contribution in [0, 0.1) is 10.1 Å². The van der Waals surface area contributed by atoms with Crippen molar-refractivity contribution < 1.29 is 9.72 Å². The molecule has 0 bridgehead atoms. The van der Waals surface area contributed by atoms with Gasteiger partial charge in [-0.3, -0.25) is 19.6 Å². The Hall–Kier alpha value is -3.53. The molecular formula is C20H19BrN6O3. The molecule has 154 valence electrons. The summed E-state index contributed by atoms with van der Waals surface area (Å²) in [5.74, 6) is -0.754. The van der Waals surface area contributed by atoms with Crippen molar-refractivity contribution in [1.82, 2.24) is 15.2 Å². The summed E-state index contributed by atoms with van der Waals surface area (Å²) < 4.78 is 2.24. The van der Waals surface area contributed by atoms with Crippen molar-refractivity contribution in [2.75, 3.05) is 19.0 Å². The van der Waals surface area contributed by atoms with Crippen molar-refractivity contribution in [3.63, 3.8) is 0 Å². The first-order valence-electron chi connectivity index (χ1n) is 8.90. The Bertz CT molecular complexity index is 1090. The van der Waals surface area contributed by atoms with Gasteiger partial charge in [-0.15, -0.1) is 0 Å². The van der Waals surface area contributed by atoms with E-state index in [1.807, 2.05) is 67.5 Å². The molecule has 1 heterocycles. The quantitative estimate of drug-likeness (QED) is 0.323. The number of anilines is 1. The fourth-order valence-corrected chi connectivity index (χ4v) is 3.13. The van der Waals surface area contributed by atoms with Crippen molar-refractivity contribution in [3.05, 3.63) is 86.1 Å². The van der Waals surface area contributed by atoms with Crippen LogP contribution in [0.4, 0.5) is 11.4 Å². The molecule has 0 aliphatic heterocycles. The predicted molar refractivity (Wildman–Crippen MR) is 118 cm³/mol. The Labute approximate surface area is 181 Å². The first-order chi connectivity index (χ1) is 14.3. The van der Waals surface area contributed by atoms with Crippen LogP contribution in [0.5, 0.6) is 0 Å². The van der Waals surface area contributed by atoms with Gasteiger partial charge in [0.05, 0.1) is 17.7 Å². The van der Waals surface area contributed by atoms with E-state index < -0.39 is 10.8 Å². The summed E-state index contributed by atoms with van der Waals surface area (Å²) in [5, 5.41) is 19.3.